The summed E-state index contributed by atoms with van der Waals surface area (Å²) in [7, 11) is -3.26. The maximum atomic E-state index is 12.6. The molecule has 1 atom stereocenters. The van der Waals surface area contributed by atoms with Crippen LogP contribution in [0.1, 0.15) is 17.7 Å². The van der Waals surface area contributed by atoms with Crippen molar-refractivity contribution in [3.63, 3.8) is 0 Å². The van der Waals surface area contributed by atoms with Crippen LogP contribution in [-0.2, 0) is 21.2 Å². The number of carbonyl (C=O) groups excluding carboxylic acids is 1. The molecule has 6 nitrogen and oxygen atoms in total. The quantitative estimate of drug-likeness (QED) is 0.808. The number of aryl methyl sites for hydroxylation is 1. The number of amides is 1. The monoisotopic (exact) mass is 393 g/mol. The molecule has 2 aliphatic heterocycles. The number of piperidine rings is 1. The summed E-state index contributed by atoms with van der Waals surface area (Å²) in [5, 5.41) is 5.03. The molecule has 0 radical (unpaired) electrons. The van der Waals surface area contributed by atoms with E-state index < -0.39 is 10.0 Å². The molecular weight excluding hydrogens is 370 g/mol. The lowest BCUT2D eigenvalue weighted by Gasteiger charge is -2.40. The first-order valence-corrected chi connectivity index (χ1v) is 10.6. The fourth-order valence-electron chi connectivity index (χ4n) is 3.25. The zero-order valence-electron chi connectivity index (χ0n) is 13.5. The molecule has 0 aliphatic carbocycles. The summed E-state index contributed by atoms with van der Waals surface area (Å²) in [4.78, 5) is 15.0. The Bertz CT molecular complexity index is 636. The molecule has 1 aromatic heterocycles. The van der Waals surface area contributed by atoms with E-state index in [0.29, 0.717) is 32.6 Å². The molecule has 3 heterocycles. The Hall–Kier alpha value is -0.670. The van der Waals surface area contributed by atoms with Gasteiger partial charge < -0.3 is 10.2 Å². The van der Waals surface area contributed by atoms with Gasteiger partial charge in [0, 0.05) is 37.1 Å². The third-order valence-electron chi connectivity index (χ3n) is 4.51. The summed E-state index contributed by atoms with van der Waals surface area (Å²) in [5.74, 6) is 0.231. The normalized spacial score (nSPS) is 23.1. The standard InChI is InChI=1S/C15H23N3O3S2.ClH/c19-15-11-16-6-8-18(15)13-3-1-7-17(12-13)23(20,21)10-5-14-4-2-9-22-14;/h2,4,9,13,16H,1,3,5-8,10-12H2;1H. The van der Waals surface area contributed by atoms with Crippen molar-refractivity contribution < 1.29 is 13.2 Å². The van der Waals surface area contributed by atoms with Gasteiger partial charge in [-0.15, -0.1) is 23.7 Å². The van der Waals surface area contributed by atoms with Crippen LogP contribution in [0.3, 0.4) is 0 Å². The fraction of sp³-hybridized carbons (Fsp3) is 0.667. The number of carbonyl (C=O) groups is 1. The predicted octanol–water partition coefficient (Wildman–Crippen LogP) is 0.938. The van der Waals surface area contributed by atoms with E-state index in [2.05, 4.69) is 5.32 Å². The summed E-state index contributed by atoms with van der Waals surface area (Å²) < 4.78 is 26.8. The number of sulfonamides is 1. The van der Waals surface area contributed by atoms with Gasteiger partial charge in [0.2, 0.25) is 15.9 Å². The molecule has 0 aromatic carbocycles. The highest BCUT2D eigenvalue weighted by molar-refractivity contribution is 7.89. The Morgan fingerprint density at radius 3 is 2.88 bits per heavy atom. The topological polar surface area (TPSA) is 69.7 Å². The molecule has 1 amide bonds. The lowest BCUT2D eigenvalue weighted by molar-refractivity contribution is -0.135. The number of thiophene rings is 1. The highest BCUT2D eigenvalue weighted by atomic mass is 35.5. The Morgan fingerprint density at radius 1 is 1.33 bits per heavy atom. The maximum Gasteiger partial charge on any atom is 0.236 e. The van der Waals surface area contributed by atoms with Crippen LogP contribution in [0.25, 0.3) is 0 Å². The summed E-state index contributed by atoms with van der Waals surface area (Å²) in [6.07, 6.45) is 2.27. The molecule has 2 aliphatic rings. The molecule has 3 rings (SSSR count). The van der Waals surface area contributed by atoms with Crippen LogP contribution in [0.15, 0.2) is 17.5 Å². The second kappa shape index (κ2) is 8.62. The molecule has 2 saturated heterocycles. The lowest BCUT2D eigenvalue weighted by Crippen LogP contribution is -2.57. The third-order valence-corrected chi connectivity index (χ3v) is 7.28. The zero-order valence-corrected chi connectivity index (χ0v) is 16.0. The second-order valence-corrected chi connectivity index (χ2v) is 9.18. The van der Waals surface area contributed by atoms with Crippen LogP contribution >= 0.6 is 23.7 Å². The van der Waals surface area contributed by atoms with Crippen molar-refractivity contribution in [2.24, 2.45) is 0 Å². The van der Waals surface area contributed by atoms with E-state index in [1.54, 1.807) is 15.6 Å². The molecule has 24 heavy (non-hydrogen) atoms. The molecule has 0 saturated carbocycles. The van der Waals surface area contributed by atoms with Crippen molar-refractivity contribution in [2.75, 3.05) is 38.5 Å². The van der Waals surface area contributed by atoms with Crippen molar-refractivity contribution in [1.29, 1.82) is 0 Å². The van der Waals surface area contributed by atoms with Crippen LogP contribution in [0.4, 0.5) is 0 Å². The average molecular weight is 394 g/mol. The number of piperazine rings is 1. The maximum absolute atomic E-state index is 12.6. The van der Waals surface area contributed by atoms with Gasteiger partial charge in [0.15, 0.2) is 0 Å². The van der Waals surface area contributed by atoms with E-state index in [-0.39, 0.29) is 30.1 Å². The second-order valence-electron chi connectivity index (χ2n) is 6.06. The zero-order chi connectivity index (χ0) is 16.3. The molecule has 2 fully saturated rings. The van der Waals surface area contributed by atoms with Gasteiger partial charge in [0.05, 0.1) is 12.3 Å². The first-order valence-electron chi connectivity index (χ1n) is 8.07. The van der Waals surface area contributed by atoms with Crippen LogP contribution in [0.5, 0.6) is 0 Å². The van der Waals surface area contributed by atoms with E-state index in [0.717, 1.165) is 24.3 Å². The summed E-state index contributed by atoms with van der Waals surface area (Å²) in [6.45, 7) is 2.84. The van der Waals surface area contributed by atoms with E-state index in [4.69, 9.17) is 0 Å². The number of hydrogen-bond donors (Lipinski definition) is 1. The minimum atomic E-state index is -3.26. The molecule has 136 valence electrons. The van der Waals surface area contributed by atoms with Crippen molar-refractivity contribution in [3.8, 4) is 0 Å². The van der Waals surface area contributed by atoms with Gasteiger partial charge in [-0.1, -0.05) is 6.07 Å². The van der Waals surface area contributed by atoms with Crippen LogP contribution in [0.2, 0.25) is 0 Å². The largest absolute Gasteiger partial charge is 0.336 e. The molecule has 1 unspecified atom stereocenters. The van der Waals surface area contributed by atoms with Gasteiger partial charge >= 0.3 is 0 Å². The van der Waals surface area contributed by atoms with E-state index in [9.17, 15) is 13.2 Å². The fourth-order valence-corrected chi connectivity index (χ4v) is 5.63. The number of rotatable bonds is 5. The molecule has 1 aromatic rings. The number of hydrogen-bond acceptors (Lipinski definition) is 5. The van der Waals surface area contributed by atoms with Crippen molar-refractivity contribution in [1.82, 2.24) is 14.5 Å². The minimum absolute atomic E-state index is 0. The van der Waals surface area contributed by atoms with Gasteiger partial charge in [-0.3, -0.25) is 4.79 Å². The van der Waals surface area contributed by atoms with E-state index >= 15 is 0 Å². The van der Waals surface area contributed by atoms with Crippen LogP contribution in [0, 0.1) is 0 Å². The number of nitrogens with zero attached hydrogens (tertiary/aromatic N) is 2. The molecule has 1 N–H and O–H groups in total. The Balaban J connectivity index is 0.00000208. The molecular formula is C15H24ClN3O3S2. The molecule has 0 spiro atoms. The average Bonchev–Trinajstić information content (AvgIpc) is 3.07. The Kier molecular flexibility index (Phi) is 7.06. The highest BCUT2D eigenvalue weighted by Crippen LogP contribution is 2.20. The predicted molar refractivity (Wildman–Crippen MR) is 98.2 cm³/mol. The highest BCUT2D eigenvalue weighted by Gasteiger charge is 2.34. The third kappa shape index (κ3) is 4.70. The van der Waals surface area contributed by atoms with Gasteiger partial charge in [-0.05, 0) is 30.7 Å². The van der Waals surface area contributed by atoms with Gasteiger partial charge in [-0.2, -0.15) is 4.31 Å². The Labute approximate surface area is 153 Å². The molecule has 9 heteroatoms. The molecule has 0 bridgehead atoms. The minimum Gasteiger partial charge on any atom is -0.336 e. The van der Waals surface area contributed by atoms with Crippen molar-refractivity contribution >= 4 is 39.7 Å². The summed E-state index contributed by atoms with van der Waals surface area (Å²) in [6, 6.07) is 3.94. The van der Waals surface area contributed by atoms with E-state index in [1.165, 1.54) is 0 Å². The lowest BCUT2D eigenvalue weighted by atomic mass is 10.1. The summed E-state index contributed by atoms with van der Waals surface area (Å²) >= 11 is 1.59. The van der Waals surface area contributed by atoms with Gasteiger partial charge in [-0.25, -0.2) is 8.42 Å². The first-order chi connectivity index (χ1) is 11.1. The van der Waals surface area contributed by atoms with Crippen LogP contribution in [-0.4, -0.2) is 68.0 Å². The number of halogens is 1. The number of nitrogens with one attached hydrogen (secondary N) is 1. The first kappa shape index (κ1) is 19.7. The van der Waals surface area contributed by atoms with Gasteiger partial charge in [0.25, 0.3) is 0 Å². The SMILES string of the molecule is Cl.O=C1CNCCN1C1CCCN(S(=O)(=O)CCc2cccs2)C1. The van der Waals surface area contributed by atoms with Crippen molar-refractivity contribution in [2.45, 2.75) is 25.3 Å². The smallest absolute Gasteiger partial charge is 0.236 e. The van der Waals surface area contributed by atoms with Gasteiger partial charge in [0.1, 0.15) is 0 Å². The van der Waals surface area contributed by atoms with E-state index in [1.807, 2.05) is 22.4 Å². The van der Waals surface area contributed by atoms with Crippen LogP contribution < -0.4 is 5.32 Å². The van der Waals surface area contributed by atoms with Crippen molar-refractivity contribution in [3.05, 3.63) is 22.4 Å². The Morgan fingerprint density at radius 2 is 2.17 bits per heavy atom. The summed E-state index contributed by atoms with van der Waals surface area (Å²) in [5.41, 5.74) is 0.